The minimum atomic E-state index is 0.0170. The van der Waals surface area contributed by atoms with Gasteiger partial charge in [0, 0.05) is 12.8 Å². The van der Waals surface area contributed by atoms with Crippen molar-refractivity contribution in [1.82, 2.24) is 9.78 Å². The molecule has 1 heterocycles. The smallest absolute Gasteiger partial charge is 0.130 e. The molecule has 0 aliphatic rings. The summed E-state index contributed by atoms with van der Waals surface area (Å²) in [6.45, 7) is 1.98. The predicted molar refractivity (Wildman–Crippen MR) is 81.5 cm³/mol. The monoisotopic (exact) mass is 290 g/mol. The van der Waals surface area contributed by atoms with Gasteiger partial charge in [-0.25, -0.2) is 0 Å². The van der Waals surface area contributed by atoms with E-state index < -0.39 is 0 Å². The third-order valence-corrected chi connectivity index (χ3v) is 4.06. The maximum atomic E-state index is 7.50. The van der Waals surface area contributed by atoms with Gasteiger partial charge in [-0.1, -0.05) is 6.07 Å². The van der Waals surface area contributed by atoms with E-state index in [0.717, 1.165) is 22.0 Å². The van der Waals surface area contributed by atoms with Gasteiger partial charge in [0.15, 0.2) is 0 Å². The Morgan fingerprint density at radius 2 is 2.20 bits per heavy atom. The summed E-state index contributed by atoms with van der Waals surface area (Å²) in [5.74, 6) is 1.47. The first kappa shape index (κ1) is 14.5. The molecule has 0 bridgehead atoms. The molecule has 2 rings (SSSR count). The van der Waals surface area contributed by atoms with Crippen LogP contribution in [0.25, 0.3) is 0 Å². The Kier molecular flexibility index (Phi) is 4.34. The molecule has 3 N–H and O–H groups in total. The van der Waals surface area contributed by atoms with E-state index in [-0.39, 0.29) is 5.84 Å². The molecule has 0 aliphatic heterocycles. The highest BCUT2D eigenvalue weighted by Crippen LogP contribution is 2.26. The van der Waals surface area contributed by atoms with E-state index in [9.17, 15) is 0 Å². The lowest BCUT2D eigenvalue weighted by Gasteiger charge is -2.09. The van der Waals surface area contributed by atoms with E-state index in [1.165, 1.54) is 0 Å². The molecule has 6 heteroatoms. The fourth-order valence-electron chi connectivity index (χ4n) is 1.93. The van der Waals surface area contributed by atoms with Gasteiger partial charge in [0.25, 0.3) is 0 Å². The van der Waals surface area contributed by atoms with Crippen molar-refractivity contribution in [3.63, 3.8) is 0 Å². The lowest BCUT2D eigenvalue weighted by atomic mass is 10.1. The van der Waals surface area contributed by atoms with Gasteiger partial charge >= 0.3 is 0 Å². The number of nitrogen functional groups attached to an aromatic ring is 1. The van der Waals surface area contributed by atoms with Crippen molar-refractivity contribution in [3.8, 4) is 5.75 Å². The highest BCUT2D eigenvalue weighted by molar-refractivity contribution is 7.98. The summed E-state index contributed by atoms with van der Waals surface area (Å²) in [5.41, 5.74) is 8.27. The van der Waals surface area contributed by atoms with Crippen molar-refractivity contribution in [2.75, 3.05) is 7.11 Å². The number of hydrogen-bond acceptors (Lipinski definition) is 4. The average molecular weight is 290 g/mol. The fourth-order valence-corrected chi connectivity index (χ4v) is 2.90. The Morgan fingerprint density at radius 3 is 2.75 bits per heavy atom. The molecule has 0 saturated heterocycles. The molecule has 0 aliphatic carbocycles. The third-order valence-electron chi connectivity index (χ3n) is 2.90. The number of rotatable bonds is 5. The Morgan fingerprint density at radius 1 is 1.45 bits per heavy atom. The molecule has 0 amide bonds. The highest BCUT2D eigenvalue weighted by Gasteiger charge is 2.08. The van der Waals surface area contributed by atoms with Crippen molar-refractivity contribution in [2.45, 2.75) is 17.7 Å². The van der Waals surface area contributed by atoms with Gasteiger partial charge in [0.2, 0.25) is 0 Å². The quantitative estimate of drug-likeness (QED) is 0.503. The summed E-state index contributed by atoms with van der Waals surface area (Å²) in [4.78, 5) is 0. The van der Waals surface area contributed by atoms with Crippen LogP contribution in [0.5, 0.6) is 5.75 Å². The molecule has 1 aromatic carbocycles. The Balaban J connectivity index is 2.14. The van der Waals surface area contributed by atoms with Crippen LogP contribution in [0, 0.1) is 12.3 Å². The molecule has 106 valence electrons. The lowest BCUT2D eigenvalue weighted by molar-refractivity contribution is 0.413. The topological polar surface area (TPSA) is 76.9 Å². The number of nitrogens with two attached hydrogens (primary N) is 1. The number of ether oxygens (including phenoxy) is 1. The molecule has 0 atom stereocenters. The minimum absolute atomic E-state index is 0.0170. The summed E-state index contributed by atoms with van der Waals surface area (Å²) < 4.78 is 7.16. The van der Waals surface area contributed by atoms with Gasteiger partial charge in [0.1, 0.15) is 11.6 Å². The summed E-state index contributed by atoms with van der Waals surface area (Å²) in [5, 5.41) is 12.9. The van der Waals surface area contributed by atoms with E-state index >= 15 is 0 Å². The number of methoxy groups -OCH3 is 1. The van der Waals surface area contributed by atoms with Gasteiger partial charge in [-0.3, -0.25) is 10.1 Å². The van der Waals surface area contributed by atoms with Crippen LogP contribution in [0.4, 0.5) is 0 Å². The molecule has 1 aromatic heterocycles. The zero-order chi connectivity index (χ0) is 14.7. The standard InChI is InChI=1S/C14H18N4OS/c1-9-6-13(18(2)17-9)20-8-10-4-5-11(14(15)16)12(7-10)19-3/h4-7H,8H2,1-3H3,(H3,15,16). The Labute approximate surface area is 122 Å². The van der Waals surface area contributed by atoms with Gasteiger partial charge in [-0.15, -0.1) is 11.8 Å². The van der Waals surface area contributed by atoms with Crippen molar-refractivity contribution < 1.29 is 4.74 Å². The second kappa shape index (κ2) is 6.00. The van der Waals surface area contributed by atoms with Crippen molar-refractivity contribution in [2.24, 2.45) is 12.8 Å². The SMILES string of the molecule is COc1cc(CSc2cc(C)nn2C)ccc1C(=N)N. The summed E-state index contributed by atoms with van der Waals surface area (Å²) in [7, 11) is 3.53. The van der Waals surface area contributed by atoms with Crippen molar-refractivity contribution in [1.29, 1.82) is 5.41 Å². The fraction of sp³-hybridized carbons (Fsp3) is 0.286. The Hall–Kier alpha value is -1.95. The van der Waals surface area contributed by atoms with Crippen molar-refractivity contribution in [3.05, 3.63) is 41.1 Å². The number of aromatic nitrogens is 2. The highest BCUT2D eigenvalue weighted by atomic mass is 32.2. The predicted octanol–water partition coefficient (Wildman–Crippen LogP) is 2.31. The van der Waals surface area contributed by atoms with Gasteiger partial charge in [-0.05, 0) is 30.7 Å². The maximum Gasteiger partial charge on any atom is 0.130 e. The number of amidine groups is 1. The number of aryl methyl sites for hydroxylation is 2. The van der Waals surface area contributed by atoms with E-state index in [2.05, 4.69) is 11.2 Å². The Bertz CT molecular complexity index is 636. The van der Waals surface area contributed by atoms with E-state index in [0.29, 0.717) is 11.3 Å². The molecular formula is C14H18N4OS. The molecule has 5 nitrogen and oxygen atoms in total. The number of nitrogens with zero attached hydrogens (tertiary/aromatic N) is 2. The van der Waals surface area contributed by atoms with Crippen LogP contribution >= 0.6 is 11.8 Å². The first-order valence-electron chi connectivity index (χ1n) is 6.16. The molecule has 0 radical (unpaired) electrons. The average Bonchev–Trinajstić information content (AvgIpc) is 2.74. The largest absolute Gasteiger partial charge is 0.496 e. The van der Waals surface area contributed by atoms with Crippen LogP contribution in [-0.2, 0) is 12.8 Å². The second-order valence-corrected chi connectivity index (χ2v) is 5.48. The lowest BCUT2D eigenvalue weighted by Crippen LogP contribution is -2.12. The van der Waals surface area contributed by atoms with Crippen LogP contribution in [0.3, 0.4) is 0 Å². The molecule has 20 heavy (non-hydrogen) atoms. The zero-order valence-corrected chi connectivity index (χ0v) is 12.6. The normalized spacial score (nSPS) is 10.6. The second-order valence-electron chi connectivity index (χ2n) is 4.48. The van der Waals surface area contributed by atoms with Gasteiger partial charge in [0.05, 0.1) is 23.4 Å². The van der Waals surface area contributed by atoms with E-state index in [4.69, 9.17) is 15.9 Å². The first-order chi connectivity index (χ1) is 9.51. The maximum absolute atomic E-state index is 7.50. The molecular weight excluding hydrogens is 272 g/mol. The van der Waals surface area contributed by atoms with E-state index in [1.54, 1.807) is 18.9 Å². The minimum Gasteiger partial charge on any atom is -0.496 e. The summed E-state index contributed by atoms with van der Waals surface area (Å²) in [6.07, 6.45) is 0. The van der Waals surface area contributed by atoms with Crippen LogP contribution < -0.4 is 10.5 Å². The van der Waals surface area contributed by atoms with Gasteiger partial charge in [-0.2, -0.15) is 5.10 Å². The van der Waals surface area contributed by atoms with Crippen LogP contribution in [0.2, 0.25) is 0 Å². The number of nitrogens with one attached hydrogen (secondary N) is 1. The number of benzene rings is 1. The molecule has 0 unspecified atom stereocenters. The van der Waals surface area contributed by atoms with Gasteiger partial charge < -0.3 is 10.5 Å². The molecule has 2 aromatic rings. The van der Waals surface area contributed by atoms with Crippen LogP contribution in [0.15, 0.2) is 29.3 Å². The molecule has 0 fully saturated rings. The van der Waals surface area contributed by atoms with E-state index in [1.807, 2.05) is 36.9 Å². The molecule has 0 spiro atoms. The van der Waals surface area contributed by atoms with Crippen LogP contribution in [-0.4, -0.2) is 22.7 Å². The number of thioether (sulfide) groups is 1. The van der Waals surface area contributed by atoms with Crippen molar-refractivity contribution >= 4 is 17.6 Å². The third kappa shape index (κ3) is 3.14. The summed E-state index contributed by atoms with van der Waals surface area (Å²) in [6, 6.07) is 7.78. The number of hydrogen-bond donors (Lipinski definition) is 2. The summed E-state index contributed by atoms with van der Waals surface area (Å²) >= 11 is 1.71. The zero-order valence-electron chi connectivity index (χ0n) is 11.8. The molecule has 0 saturated carbocycles. The van der Waals surface area contributed by atoms with Crippen LogP contribution in [0.1, 0.15) is 16.8 Å². The first-order valence-corrected chi connectivity index (χ1v) is 7.14.